The summed E-state index contributed by atoms with van der Waals surface area (Å²) in [5.74, 6) is 0. The summed E-state index contributed by atoms with van der Waals surface area (Å²) in [6, 6.07) is 0.699. The molecule has 0 saturated carbocycles. The Bertz CT molecular complexity index is 175. The lowest BCUT2D eigenvalue weighted by Gasteiger charge is -2.29. The fraction of sp³-hybridized carbons (Fsp3) is 1.00. The van der Waals surface area contributed by atoms with Crippen LogP contribution in [0.15, 0.2) is 0 Å². The van der Waals surface area contributed by atoms with E-state index < -0.39 is 0 Å². The maximum absolute atomic E-state index is 3.45. The van der Waals surface area contributed by atoms with Crippen molar-refractivity contribution in [3.8, 4) is 0 Å². The second-order valence-electron chi connectivity index (χ2n) is 5.08. The van der Waals surface area contributed by atoms with Gasteiger partial charge in [0.1, 0.15) is 0 Å². The van der Waals surface area contributed by atoms with Gasteiger partial charge in [0.25, 0.3) is 0 Å². The van der Waals surface area contributed by atoms with Gasteiger partial charge in [0.2, 0.25) is 0 Å². The molecule has 0 radical (unpaired) electrons. The van der Waals surface area contributed by atoms with Crippen LogP contribution in [-0.4, -0.2) is 37.1 Å². The number of rotatable bonds is 6. The molecular weight excluding hydrogens is 184 g/mol. The quantitative estimate of drug-likeness (QED) is 0.728. The van der Waals surface area contributed by atoms with E-state index in [9.17, 15) is 0 Å². The normalized spacial score (nSPS) is 23.2. The lowest BCUT2D eigenvalue weighted by atomic mass is 9.82. The predicted molar refractivity (Wildman–Crippen MR) is 67.2 cm³/mol. The maximum atomic E-state index is 3.45. The SMILES string of the molecule is CCNCC(C)N1CCC(CC)(CC)C1. The Morgan fingerprint density at radius 3 is 2.40 bits per heavy atom. The molecule has 1 aliphatic heterocycles. The zero-order valence-electron chi connectivity index (χ0n) is 11.0. The number of likely N-dealkylation sites (N-methyl/N-ethyl adjacent to an activating group) is 1. The molecule has 15 heavy (non-hydrogen) atoms. The van der Waals surface area contributed by atoms with Gasteiger partial charge in [-0.2, -0.15) is 0 Å². The van der Waals surface area contributed by atoms with Crippen LogP contribution in [0.5, 0.6) is 0 Å². The van der Waals surface area contributed by atoms with E-state index in [0.29, 0.717) is 11.5 Å². The first-order chi connectivity index (χ1) is 7.17. The summed E-state index contributed by atoms with van der Waals surface area (Å²) < 4.78 is 0. The van der Waals surface area contributed by atoms with E-state index in [4.69, 9.17) is 0 Å². The second-order valence-corrected chi connectivity index (χ2v) is 5.08. The molecule has 0 aromatic heterocycles. The molecule has 1 N–H and O–H groups in total. The Morgan fingerprint density at radius 1 is 1.27 bits per heavy atom. The number of nitrogens with zero attached hydrogens (tertiary/aromatic N) is 1. The van der Waals surface area contributed by atoms with E-state index in [1.54, 1.807) is 0 Å². The molecule has 1 fully saturated rings. The predicted octanol–water partition coefficient (Wildman–Crippen LogP) is 2.50. The largest absolute Gasteiger partial charge is 0.315 e. The number of hydrogen-bond donors (Lipinski definition) is 1. The summed E-state index contributed by atoms with van der Waals surface area (Å²) in [5, 5.41) is 3.45. The Kier molecular flexibility index (Phi) is 5.07. The molecule has 0 spiro atoms. The van der Waals surface area contributed by atoms with Crippen LogP contribution in [0.4, 0.5) is 0 Å². The van der Waals surface area contributed by atoms with Crippen molar-refractivity contribution in [2.75, 3.05) is 26.2 Å². The van der Waals surface area contributed by atoms with Crippen LogP contribution in [-0.2, 0) is 0 Å². The molecule has 0 bridgehead atoms. The Morgan fingerprint density at radius 2 is 1.93 bits per heavy atom. The Hall–Kier alpha value is -0.0800. The molecule has 1 aliphatic rings. The topological polar surface area (TPSA) is 15.3 Å². The summed E-state index contributed by atoms with van der Waals surface area (Å²) in [6.07, 6.45) is 4.08. The molecule has 2 nitrogen and oxygen atoms in total. The third kappa shape index (κ3) is 3.18. The van der Waals surface area contributed by atoms with Crippen molar-refractivity contribution in [3.63, 3.8) is 0 Å². The Labute approximate surface area is 95.4 Å². The highest BCUT2D eigenvalue weighted by Gasteiger charge is 2.36. The molecule has 0 amide bonds. The highest BCUT2D eigenvalue weighted by molar-refractivity contribution is 4.90. The first kappa shape index (κ1) is 13.0. The van der Waals surface area contributed by atoms with Gasteiger partial charge in [-0.15, -0.1) is 0 Å². The maximum Gasteiger partial charge on any atom is 0.0192 e. The van der Waals surface area contributed by atoms with Gasteiger partial charge >= 0.3 is 0 Å². The molecule has 1 atom stereocenters. The molecule has 90 valence electrons. The first-order valence-corrected chi connectivity index (χ1v) is 6.62. The van der Waals surface area contributed by atoms with Crippen LogP contribution >= 0.6 is 0 Å². The smallest absolute Gasteiger partial charge is 0.0192 e. The van der Waals surface area contributed by atoms with Gasteiger partial charge in [-0.05, 0) is 44.7 Å². The number of nitrogens with one attached hydrogen (secondary N) is 1. The molecule has 1 saturated heterocycles. The van der Waals surface area contributed by atoms with E-state index in [1.165, 1.54) is 32.4 Å². The lowest BCUT2D eigenvalue weighted by molar-refractivity contribution is 0.200. The van der Waals surface area contributed by atoms with Crippen molar-refractivity contribution < 1.29 is 0 Å². The molecule has 2 heteroatoms. The van der Waals surface area contributed by atoms with Gasteiger partial charge in [-0.1, -0.05) is 20.8 Å². The highest BCUT2D eigenvalue weighted by atomic mass is 15.2. The Balaban J connectivity index is 2.40. The summed E-state index contributed by atoms with van der Waals surface area (Å²) >= 11 is 0. The number of hydrogen-bond acceptors (Lipinski definition) is 2. The van der Waals surface area contributed by atoms with Crippen molar-refractivity contribution >= 4 is 0 Å². The minimum atomic E-state index is 0.625. The molecule has 0 aromatic rings. The van der Waals surface area contributed by atoms with E-state index >= 15 is 0 Å². The summed E-state index contributed by atoms with van der Waals surface area (Å²) in [4.78, 5) is 2.66. The molecule has 1 heterocycles. The molecule has 0 aliphatic carbocycles. The fourth-order valence-electron chi connectivity index (χ4n) is 2.66. The van der Waals surface area contributed by atoms with Crippen LogP contribution in [0.2, 0.25) is 0 Å². The minimum absolute atomic E-state index is 0.625. The second kappa shape index (κ2) is 5.86. The van der Waals surface area contributed by atoms with Crippen molar-refractivity contribution in [1.82, 2.24) is 10.2 Å². The van der Waals surface area contributed by atoms with E-state index in [1.807, 2.05) is 0 Å². The zero-order chi connectivity index (χ0) is 11.3. The fourth-order valence-corrected chi connectivity index (χ4v) is 2.66. The van der Waals surface area contributed by atoms with Crippen LogP contribution in [0.1, 0.15) is 47.0 Å². The summed E-state index contributed by atoms with van der Waals surface area (Å²) in [5.41, 5.74) is 0.625. The highest BCUT2D eigenvalue weighted by Crippen LogP contribution is 2.37. The summed E-state index contributed by atoms with van der Waals surface area (Å²) in [7, 11) is 0. The number of likely N-dealkylation sites (tertiary alicyclic amines) is 1. The van der Waals surface area contributed by atoms with Crippen LogP contribution in [0, 0.1) is 5.41 Å². The average Bonchev–Trinajstić information content (AvgIpc) is 2.71. The monoisotopic (exact) mass is 212 g/mol. The molecule has 1 rings (SSSR count). The first-order valence-electron chi connectivity index (χ1n) is 6.62. The van der Waals surface area contributed by atoms with Gasteiger partial charge in [0.05, 0.1) is 0 Å². The summed E-state index contributed by atoms with van der Waals surface area (Å²) in [6.45, 7) is 14.1. The van der Waals surface area contributed by atoms with E-state index in [-0.39, 0.29) is 0 Å². The van der Waals surface area contributed by atoms with Gasteiger partial charge < -0.3 is 5.32 Å². The van der Waals surface area contributed by atoms with E-state index in [2.05, 4.69) is 37.9 Å². The van der Waals surface area contributed by atoms with Gasteiger partial charge in [-0.25, -0.2) is 0 Å². The average molecular weight is 212 g/mol. The van der Waals surface area contributed by atoms with Crippen molar-refractivity contribution in [2.24, 2.45) is 5.41 Å². The minimum Gasteiger partial charge on any atom is -0.315 e. The van der Waals surface area contributed by atoms with Crippen LogP contribution in [0.3, 0.4) is 0 Å². The molecule has 0 aromatic carbocycles. The standard InChI is InChI=1S/C13H28N2/c1-5-13(6-2)8-9-15(11-13)12(4)10-14-7-3/h12,14H,5-11H2,1-4H3. The third-order valence-corrected chi connectivity index (χ3v) is 4.28. The van der Waals surface area contributed by atoms with Gasteiger partial charge in [0, 0.05) is 19.1 Å². The molecule has 1 unspecified atom stereocenters. The van der Waals surface area contributed by atoms with E-state index in [0.717, 1.165) is 13.1 Å². The van der Waals surface area contributed by atoms with Crippen molar-refractivity contribution in [3.05, 3.63) is 0 Å². The van der Waals surface area contributed by atoms with Crippen molar-refractivity contribution in [1.29, 1.82) is 0 Å². The molecular formula is C13H28N2. The van der Waals surface area contributed by atoms with Crippen molar-refractivity contribution in [2.45, 2.75) is 53.0 Å². The van der Waals surface area contributed by atoms with Gasteiger partial charge in [-0.3, -0.25) is 4.90 Å². The van der Waals surface area contributed by atoms with Crippen LogP contribution < -0.4 is 5.32 Å². The zero-order valence-corrected chi connectivity index (χ0v) is 11.0. The lowest BCUT2D eigenvalue weighted by Crippen LogP contribution is -2.40. The van der Waals surface area contributed by atoms with Gasteiger partial charge in [0.15, 0.2) is 0 Å². The van der Waals surface area contributed by atoms with Crippen LogP contribution in [0.25, 0.3) is 0 Å². The third-order valence-electron chi connectivity index (χ3n) is 4.28.